The van der Waals surface area contributed by atoms with Crippen molar-refractivity contribution in [3.63, 3.8) is 0 Å². The smallest absolute Gasteiger partial charge is 0.346 e. The van der Waals surface area contributed by atoms with Crippen molar-refractivity contribution in [1.29, 1.82) is 0 Å². The number of rotatable bonds is 13. The summed E-state index contributed by atoms with van der Waals surface area (Å²) < 4.78 is 26.3. The van der Waals surface area contributed by atoms with Crippen molar-refractivity contribution in [2.75, 3.05) is 49.2 Å². The second kappa shape index (κ2) is 15.9. The van der Waals surface area contributed by atoms with E-state index in [1.54, 1.807) is 0 Å². The number of aromatic nitrogens is 1. The highest BCUT2D eigenvalue weighted by molar-refractivity contribution is 9.09. The van der Waals surface area contributed by atoms with Gasteiger partial charge in [0.15, 0.2) is 7.05 Å². The van der Waals surface area contributed by atoms with E-state index in [1.165, 1.54) is 0 Å². The van der Waals surface area contributed by atoms with Gasteiger partial charge in [0.1, 0.15) is 0 Å². The van der Waals surface area contributed by atoms with E-state index in [1.807, 2.05) is 22.5 Å². The molecule has 0 spiro atoms. The molecule has 12 heteroatoms. The second-order valence-corrected chi connectivity index (χ2v) is 11.0. The Morgan fingerprint density at radius 1 is 1.10 bits per heavy atom. The Morgan fingerprint density at radius 3 is 1.90 bits per heavy atom. The molecule has 0 aliphatic rings. The molecule has 1 rings (SSSR count). The van der Waals surface area contributed by atoms with Crippen LogP contribution in [-0.4, -0.2) is 68.0 Å². The summed E-state index contributed by atoms with van der Waals surface area (Å²) in [4.78, 5) is 8.31. The van der Waals surface area contributed by atoms with Gasteiger partial charge in [0.2, 0.25) is 0 Å². The number of nitro groups is 1. The Kier molecular flexibility index (Phi) is 16.1. The molecule has 1 aromatic heterocycles. The largest absolute Gasteiger partial charge is 0.350 e. The average Bonchev–Trinajstić information content (AvgIpc) is 2.97. The minimum atomic E-state index is -3.12. The topological polar surface area (TPSA) is 80.8 Å². The minimum absolute atomic E-state index is 0.338. The number of hydrogen-bond donors (Lipinski definition) is 0. The first-order valence-corrected chi connectivity index (χ1v) is 14.2. The highest BCUT2D eigenvalue weighted by Crippen LogP contribution is 2.55. The van der Waals surface area contributed by atoms with Gasteiger partial charge in [0.05, 0.1) is 6.61 Å². The van der Waals surface area contributed by atoms with Gasteiger partial charge >= 0.3 is 7.67 Å². The van der Waals surface area contributed by atoms with E-state index in [0.717, 1.165) is 47.4 Å². The molecular weight excluding hydrogens is 595 g/mol. The summed E-state index contributed by atoms with van der Waals surface area (Å²) >= 11 is 10.5. The van der Waals surface area contributed by atoms with Gasteiger partial charge in [-0.1, -0.05) is 54.7 Å². The Balaban J connectivity index is 0.00000178. The van der Waals surface area contributed by atoms with Gasteiger partial charge in [-0.2, -0.15) is 0 Å². The van der Waals surface area contributed by atoms with Crippen molar-refractivity contribution in [2.24, 2.45) is 7.05 Å². The molecule has 0 saturated carbocycles. The van der Waals surface area contributed by atoms with Gasteiger partial charge in [-0.05, 0) is 25.5 Å². The van der Waals surface area contributed by atoms with Crippen molar-refractivity contribution in [3.05, 3.63) is 33.6 Å². The molecule has 0 aliphatic heterocycles. The molecule has 0 aliphatic carbocycles. The molecule has 0 amide bonds. The zero-order valence-electron chi connectivity index (χ0n) is 17.5. The lowest BCUT2D eigenvalue weighted by atomic mass is 10.4. The minimum Gasteiger partial charge on any atom is -0.350 e. The molecule has 0 N–H and O–H groups in total. The Bertz CT molecular complexity index is 612. The van der Waals surface area contributed by atoms with Crippen LogP contribution in [0.25, 0.3) is 0 Å². The molecule has 0 fully saturated rings. The number of hydrogen-bond acceptors (Lipinski definition) is 4. The van der Waals surface area contributed by atoms with E-state index in [9.17, 15) is 4.57 Å². The molecule has 1 atom stereocenters. The summed E-state index contributed by atoms with van der Waals surface area (Å²) in [6.07, 6.45) is 0.931. The fourth-order valence-electron chi connectivity index (χ4n) is 2.58. The molecule has 0 bridgehead atoms. The predicted molar refractivity (Wildman–Crippen MR) is 130 cm³/mol. The van der Waals surface area contributed by atoms with E-state index in [2.05, 4.69) is 72.3 Å². The Labute approximate surface area is 199 Å². The number of aryl methyl sites for hydroxylation is 1. The van der Waals surface area contributed by atoms with Crippen molar-refractivity contribution in [1.82, 2.24) is 13.9 Å². The second-order valence-electron chi connectivity index (χ2n) is 6.20. The van der Waals surface area contributed by atoms with Gasteiger partial charge < -0.3 is 4.57 Å². The molecule has 170 valence electrons. The quantitative estimate of drug-likeness (QED) is 0.132. The lowest BCUT2D eigenvalue weighted by molar-refractivity contribution is -0.445. The van der Waals surface area contributed by atoms with Gasteiger partial charge in [0, 0.05) is 65.5 Å². The van der Waals surface area contributed by atoms with E-state index in [0.29, 0.717) is 26.2 Å². The van der Waals surface area contributed by atoms with E-state index in [-0.39, 0.29) is 0 Å². The average molecular weight is 627 g/mol. The van der Waals surface area contributed by atoms with Crippen LogP contribution in [0, 0.1) is 17.0 Å². The molecule has 8 nitrogen and oxygen atoms in total. The summed E-state index contributed by atoms with van der Waals surface area (Å²) in [5.74, 6) is 0. The third-order valence-corrected chi connectivity index (χ3v) is 7.84. The van der Waals surface area contributed by atoms with Crippen LogP contribution in [0.15, 0.2) is 12.1 Å². The van der Waals surface area contributed by atoms with Gasteiger partial charge in [-0.3, -0.25) is 19.2 Å². The lowest BCUT2D eigenvalue weighted by Crippen LogP contribution is -2.36. The first-order valence-electron chi connectivity index (χ1n) is 9.30. The van der Waals surface area contributed by atoms with Gasteiger partial charge in [0.25, 0.3) is 0 Å². The predicted octanol–water partition coefficient (Wildman–Crippen LogP) is 5.05. The Morgan fingerprint density at radius 2 is 1.55 bits per heavy atom. The van der Waals surface area contributed by atoms with Crippen molar-refractivity contribution in [2.45, 2.75) is 26.9 Å². The van der Waals surface area contributed by atoms with Crippen LogP contribution >= 0.6 is 55.5 Å². The first-order chi connectivity index (χ1) is 13.7. The zero-order chi connectivity index (χ0) is 22.4. The summed E-state index contributed by atoms with van der Waals surface area (Å²) in [5.41, 5.74) is 2.20. The van der Waals surface area contributed by atoms with E-state index < -0.39 is 12.6 Å². The first kappa shape index (κ1) is 29.2. The van der Waals surface area contributed by atoms with E-state index in [4.69, 9.17) is 14.6 Å². The number of nitrogens with zero attached hydrogens (tertiary/aromatic N) is 4. The third-order valence-electron chi connectivity index (χ3n) is 4.08. The fourth-order valence-corrected chi connectivity index (χ4v) is 7.19. The highest BCUT2D eigenvalue weighted by Gasteiger charge is 2.37. The van der Waals surface area contributed by atoms with Crippen LogP contribution in [0.3, 0.4) is 0 Å². The zero-order valence-corrected chi connectivity index (χ0v) is 23.2. The van der Waals surface area contributed by atoms with Gasteiger partial charge in [-0.15, -0.1) is 0 Å². The van der Waals surface area contributed by atoms with Crippen LogP contribution in [0.2, 0.25) is 0 Å². The summed E-state index contributed by atoms with van der Waals surface area (Å²) in [6.45, 7) is 7.29. The summed E-state index contributed by atoms with van der Waals surface area (Å²) in [7, 11) is -0.220. The van der Waals surface area contributed by atoms with Crippen molar-refractivity contribution >= 4 is 55.5 Å². The third kappa shape index (κ3) is 10.4. The Hall–Kier alpha value is 0.230. The van der Waals surface area contributed by atoms with Crippen molar-refractivity contribution < 1.29 is 14.0 Å². The van der Waals surface area contributed by atoms with Crippen LogP contribution < -0.4 is 0 Å². The SMILES string of the molecule is CCCN(CCBr)P(=O)(OCc1ccc(C)n1C)N(CCBr)CCBr.C[N+](=O)[O-]. The molecule has 0 saturated heterocycles. The van der Waals surface area contributed by atoms with Gasteiger partial charge in [-0.25, -0.2) is 9.34 Å². The number of halogens is 3. The van der Waals surface area contributed by atoms with E-state index >= 15 is 0 Å². The molecule has 0 radical (unpaired) electrons. The standard InChI is InChI=1S/C16H29Br3N3O2P.CH3NO2/c1-4-10-21(11-7-17)25(23,22(12-8-18)13-9-19)24-14-16-6-5-15(2)20(16)3;1-2(3)4/h5-6H,4,7-14H2,1-3H3;1H3. The molecule has 1 unspecified atom stereocenters. The maximum absolute atomic E-state index is 14.0. The summed E-state index contributed by atoms with van der Waals surface area (Å²) in [5, 5.41) is 11.1. The monoisotopic (exact) mass is 624 g/mol. The normalized spacial score (nSPS) is 13.3. The fraction of sp³-hybridized carbons (Fsp3) is 0.765. The highest BCUT2D eigenvalue weighted by atomic mass is 79.9. The maximum atomic E-state index is 14.0. The van der Waals surface area contributed by atoms with Crippen LogP contribution in [0.4, 0.5) is 0 Å². The molecule has 0 aromatic carbocycles. The maximum Gasteiger partial charge on any atom is 0.346 e. The van der Waals surface area contributed by atoms with Crippen molar-refractivity contribution in [3.8, 4) is 0 Å². The molecule has 1 heterocycles. The molecular formula is C17H32Br3N4O4P. The number of alkyl halides is 3. The molecule has 29 heavy (non-hydrogen) atoms. The van der Waals surface area contributed by atoms with Crippen LogP contribution in [0.1, 0.15) is 24.7 Å². The van der Waals surface area contributed by atoms with Crippen LogP contribution in [-0.2, 0) is 22.7 Å². The van der Waals surface area contributed by atoms with Crippen LogP contribution in [0.5, 0.6) is 0 Å². The molecule has 1 aromatic rings. The summed E-state index contributed by atoms with van der Waals surface area (Å²) in [6, 6.07) is 4.09. The lowest BCUT2D eigenvalue weighted by Gasteiger charge is -2.37.